The number of aryl methyl sites for hydroxylation is 1. The lowest BCUT2D eigenvalue weighted by molar-refractivity contribution is -0.138. The first-order chi connectivity index (χ1) is 9.58. The van der Waals surface area contributed by atoms with Crippen LogP contribution in [0.25, 0.3) is 0 Å². The maximum atomic E-state index is 11.2. The van der Waals surface area contributed by atoms with Crippen molar-refractivity contribution in [3.8, 4) is 0 Å². The number of nitrogens with zero attached hydrogens (tertiary/aromatic N) is 1. The molecule has 1 atom stereocenters. The molecule has 3 nitrogen and oxygen atoms in total. The van der Waals surface area contributed by atoms with Gasteiger partial charge in [-0.2, -0.15) is 0 Å². The summed E-state index contributed by atoms with van der Waals surface area (Å²) in [7, 11) is 0. The van der Waals surface area contributed by atoms with Crippen LogP contribution in [0.5, 0.6) is 0 Å². The Morgan fingerprint density at radius 2 is 1.95 bits per heavy atom. The summed E-state index contributed by atoms with van der Waals surface area (Å²) in [5.74, 6) is -0.730. The van der Waals surface area contributed by atoms with E-state index in [1.807, 2.05) is 6.92 Å². The van der Waals surface area contributed by atoms with Gasteiger partial charge in [-0.3, -0.25) is 9.69 Å². The van der Waals surface area contributed by atoms with E-state index in [1.165, 1.54) is 31.2 Å². The quantitative estimate of drug-likeness (QED) is 0.895. The summed E-state index contributed by atoms with van der Waals surface area (Å²) < 4.78 is 1.02. The average Bonchev–Trinajstić information content (AvgIpc) is 2.65. The van der Waals surface area contributed by atoms with Crippen molar-refractivity contribution in [1.82, 2.24) is 4.90 Å². The molecular weight excluding hydrogens is 318 g/mol. The predicted octanol–water partition coefficient (Wildman–Crippen LogP) is 4.15. The van der Waals surface area contributed by atoms with Crippen LogP contribution in [-0.2, 0) is 4.79 Å². The fourth-order valence-electron chi connectivity index (χ4n) is 2.91. The van der Waals surface area contributed by atoms with Gasteiger partial charge >= 0.3 is 5.97 Å². The number of likely N-dealkylation sites (tertiary alicyclic amines) is 1. The van der Waals surface area contributed by atoms with Crippen molar-refractivity contribution in [2.75, 3.05) is 13.1 Å². The smallest absolute Gasteiger partial charge is 0.305 e. The van der Waals surface area contributed by atoms with Crippen LogP contribution in [0, 0.1) is 6.92 Å². The molecule has 0 amide bonds. The first kappa shape index (κ1) is 15.5. The van der Waals surface area contributed by atoms with E-state index >= 15 is 0 Å². The average molecular weight is 340 g/mol. The summed E-state index contributed by atoms with van der Waals surface area (Å²) in [5.41, 5.74) is 2.28. The van der Waals surface area contributed by atoms with E-state index in [1.54, 1.807) is 0 Å². The highest BCUT2D eigenvalue weighted by Crippen LogP contribution is 2.32. The maximum absolute atomic E-state index is 11.2. The lowest BCUT2D eigenvalue weighted by Crippen LogP contribution is -2.31. The molecule has 1 aliphatic heterocycles. The Bertz CT molecular complexity index is 468. The third-order valence-electron chi connectivity index (χ3n) is 3.96. The van der Waals surface area contributed by atoms with Gasteiger partial charge in [0.15, 0.2) is 0 Å². The summed E-state index contributed by atoms with van der Waals surface area (Å²) in [6, 6.07) is 6.17. The van der Waals surface area contributed by atoms with Gasteiger partial charge in [0.05, 0.1) is 6.42 Å². The van der Waals surface area contributed by atoms with Crippen molar-refractivity contribution in [3.05, 3.63) is 33.8 Å². The number of carboxylic acids is 1. The van der Waals surface area contributed by atoms with Gasteiger partial charge in [-0.1, -0.05) is 40.9 Å². The second kappa shape index (κ2) is 7.23. The molecule has 1 heterocycles. The van der Waals surface area contributed by atoms with Crippen molar-refractivity contribution < 1.29 is 9.90 Å². The highest BCUT2D eigenvalue weighted by molar-refractivity contribution is 9.10. The Morgan fingerprint density at radius 3 is 2.50 bits per heavy atom. The van der Waals surface area contributed by atoms with Crippen LogP contribution in [0.3, 0.4) is 0 Å². The topological polar surface area (TPSA) is 40.5 Å². The van der Waals surface area contributed by atoms with Crippen molar-refractivity contribution >= 4 is 21.9 Å². The summed E-state index contributed by atoms with van der Waals surface area (Å²) in [6.07, 6.45) is 5.01. The van der Waals surface area contributed by atoms with Gasteiger partial charge in [0, 0.05) is 10.5 Å². The van der Waals surface area contributed by atoms with Gasteiger partial charge in [0.1, 0.15) is 0 Å². The molecule has 0 radical (unpaired) electrons. The number of aliphatic carboxylic acids is 1. The Hall–Kier alpha value is -0.870. The van der Waals surface area contributed by atoms with Gasteiger partial charge in [0.2, 0.25) is 0 Å². The molecule has 110 valence electrons. The van der Waals surface area contributed by atoms with Crippen LogP contribution in [0.4, 0.5) is 0 Å². The number of halogens is 1. The molecule has 0 spiro atoms. The zero-order valence-electron chi connectivity index (χ0n) is 11.9. The summed E-state index contributed by atoms with van der Waals surface area (Å²) in [4.78, 5) is 13.6. The minimum atomic E-state index is -0.730. The van der Waals surface area contributed by atoms with E-state index < -0.39 is 5.97 Å². The number of hydrogen-bond donors (Lipinski definition) is 1. The van der Waals surface area contributed by atoms with Crippen LogP contribution in [-0.4, -0.2) is 29.1 Å². The third kappa shape index (κ3) is 4.06. The monoisotopic (exact) mass is 339 g/mol. The molecule has 1 fully saturated rings. The second-order valence-electron chi connectivity index (χ2n) is 5.59. The minimum Gasteiger partial charge on any atom is -0.481 e. The molecule has 4 heteroatoms. The zero-order valence-corrected chi connectivity index (χ0v) is 13.5. The third-order valence-corrected chi connectivity index (χ3v) is 4.65. The summed E-state index contributed by atoms with van der Waals surface area (Å²) >= 11 is 3.60. The van der Waals surface area contributed by atoms with Gasteiger partial charge in [-0.15, -0.1) is 0 Å². The Balaban J connectivity index is 2.27. The van der Waals surface area contributed by atoms with E-state index in [0.717, 1.165) is 23.1 Å². The Morgan fingerprint density at radius 1 is 1.30 bits per heavy atom. The molecule has 1 N–H and O–H groups in total. The Kier molecular flexibility index (Phi) is 5.61. The van der Waals surface area contributed by atoms with Gasteiger partial charge in [-0.25, -0.2) is 0 Å². The van der Waals surface area contributed by atoms with Crippen molar-refractivity contribution in [2.45, 2.75) is 45.1 Å². The van der Waals surface area contributed by atoms with E-state index in [9.17, 15) is 9.90 Å². The molecular formula is C16H22BrNO2. The van der Waals surface area contributed by atoms with Crippen LogP contribution in [0.1, 0.15) is 49.3 Å². The number of carbonyl (C=O) groups is 1. The zero-order chi connectivity index (χ0) is 14.5. The summed E-state index contributed by atoms with van der Waals surface area (Å²) in [6.45, 7) is 4.04. The first-order valence-electron chi connectivity index (χ1n) is 7.30. The van der Waals surface area contributed by atoms with Crippen molar-refractivity contribution in [2.24, 2.45) is 0 Å². The number of benzene rings is 1. The molecule has 0 bridgehead atoms. The minimum absolute atomic E-state index is 0.0272. The fraction of sp³-hybridized carbons (Fsp3) is 0.562. The van der Waals surface area contributed by atoms with Crippen LogP contribution >= 0.6 is 15.9 Å². The van der Waals surface area contributed by atoms with Gasteiger partial charge in [0.25, 0.3) is 0 Å². The molecule has 20 heavy (non-hydrogen) atoms. The molecule has 1 aliphatic rings. The molecule has 1 aromatic rings. The van der Waals surface area contributed by atoms with Gasteiger partial charge < -0.3 is 5.11 Å². The highest BCUT2D eigenvalue weighted by atomic mass is 79.9. The molecule has 1 saturated heterocycles. The van der Waals surface area contributed by atoms with E-state index in [4.69, 9.17) is 0 Å². The molecule has 1 unspecified atom stereocenters. The molecule has 0 saturated carbocycles. The fourth-order valence-corrected chi connectivity index (χ4v) is 3.67. The second-order valence-corrected chi connectivity index (χ2v) is 6.44. The number of rotatable bonds is 4. The Labute approximate surface area is 129 Å². The lowest BCUT2D eigenvalue weighted by atomic mass is 10.0. The molecule has 0 aromatic heterocycles. The van der Waals surface area contributed by atoms with Crippen LogP contribution in [0.2, 0.25) is 0 Å². The van der Waals surface area contributed by atoms with Crippen LogP contribution in [0.15, 0.2) is 22.7 Å². The van der Waals surface area contributed by atoms with Crippen molar-refractivity contribution in [3.63, 3.8) is 0 Å². The molecule has 2 rings (SSSR count). The number of carboxylic acid groups (broad SMARTS) is 1. The van der Waals surface area contributed by atoms with Gasteiger partial charge in [-0.05, 0) is 50.0 Å². The van der Waals surface area contributed by atoms with E-state index in [-0.39, 0.29) is 12.5 Å². The van der Waals surface area contributed by atoms with Crippen LogP contribution < -0.4 is 0 Å². The van der Waals surface area contributed by atoms with E-state index in [0.29, 0.717) is 0 Å². The maximum Gasteiger partial charge on any atom is 0.305 e. The van der Waals surface area contributed by atoms with Crippen molar-refractivity contribution in [1.29, 1.82) is 0 Å². The lowest BCUT2D eigenvalue weighted by Gasteiger charge is -2.30. The first-order valence-corrected chi connectivity index (χ1v) is 8.09. The molecule has 1 aromatic carbocycles. The predicted molar refractivity (Wildman–Crippen MR) is 83.9 cm³/mol. The summed E-state index contributed by atoms with van der Waals surface area (Å²) in [5, 5.41) is 9.25. The number of hydrogen-bond acceptors (Lipinski definition) is 2. The SMILES string of the molecule is Cc1ccc(C(CC(=O)O)N2CCCCCC2)c(Br)c1. The molecule has 0 aliphatic carbocycles. The normalized spacial score (nSPS) is 18.5. The largest absolute Gasteiger partial charge is 0.481 e. The standard InChI is InChI=1S/C16H22BrNO2/c1-12-6-7-13(14(17)10-12)15(11-16(19)20)18-8-4-2-3-5-9-18/h6-7,10,15H,2-5,8-9,11H2,1H3,(H,19,20). The van der Waals surface area contributed by atoms with E-state index in [2.05, 4.69) is 39.0 Å². The highest BCUT2D eigenvalue weighted by Gasteiger charge is 2.25.